The molecule has 1 heterocycles. The lowest BCUT2D eigenvalue weighted by atomic mass is 9.83. The van der Waals surface area contributed by atoms with Gasteiger partial charge in [0.1, 0.15) is 5.75 Å². The second kappa shape index (κ2) is 8.67. The molecule has 0 fully saturated rings. The van der Waals surface area contributed by atoms with E-state index in [1.807, 2.05) is 31.2 Å². The normalized spacial score (nSPS) is 12.3. The van der Waals surface area contributed by atoms with E-state index in [1.165, 1.54) is 0 Å². The van der Waals surface area contributed by atoms with Crippen LogP contribution in [-0.2, 0) is 15.4 Å². The summed E-state index contributed by atoms with van der Waals surface area (Å²) in [5, 5.41) is 11.0. The number of aryl methyl sites for hydroxylation is 1. The number of aromatic hydroxyl groups is 1. The van der Waals surface area contributed by atoms with E-state index in [1.54, 1.807) is 36.4 Å². The molecule has 0 aliphatic heterocycles. The molecule has 0 amide bonds. The number of H-pyrrole nitrogens is 1. The molecular formula is C25H28N2O4S. The molecule has 6 nitrogen and oxygen atoms in total. The molecule has 0 radical (unpaired) electrons. The molecule has 3 rings (SSSR count). The Morgan fingerprint density at radius 1 is 0.969 bits per heavy atom. The smallest absolute Gasteiger partial charge is 0.256 e. The highest BCUT2D eigenvalue weighted by molar-refractivity contribution is 7.92. The fraction of sp³-hybridized carbons (Fsp3) is 0.240. The number of anilines is 1. The van der Waals surface area contributed by atoms with Crippen LogP contribution in [0, 0.1) is 6.92 Å². The Morgan fingerprint density at radius 2 is 1.62 bits per heavy atom. The molecule has 1 aromatic heterocycles. The van der Waals surface area contributed by atoms with Gasteiger partial charge in [-0.25, -0.2) is 8.42 Å². The van der Waals surface area contributed by atoms with Gasteiger partial charge in [0.2, 0.25) is 10.0 Å². The zero-order valence-electron chi connectivity index (χ0n) is 18.9. The summed E-state index contributed by atoms with van der Waals surface area (Å²) in [6.07, 6.45) is 4.72. The lowest BCUT2D eigenvalue weighted by Crippen LogP contribution is -2.13. The third-order valence-electron chi connectivity index (χ3n) is 5.02. The Kier molecular flexibility index (Phi) is 6.32. The number of phenols is 1. The van der Waals surface area contributed by atoms with Crippen LogP contribution in [0.2, 0.25) is 0 Å². The Balaban J connectivity index is 2.05. The standard InChI is InChI=1S/C25H28N2O4S/c1-16-6-13-21(24(29)26-16)22-15-19(25(2,3)4)14-18(23(22)28)10-7-17-8-11-20(12-9-17)27-32(5,30)31/h6-15,27-28H,1-5H3,(H,26,29). The van der Waals surface area contributed by atoms with Crippen LogP contribution in [0.1, 0.15) is 43.2 Å². The van der Waals surface area contributed by atoms with Crippen molar-refractivity contribution in [1.82, 2.24) is 4.98 Å². The van der Waals surface area contributed by atoms with Crippen LogP contribution in [0.25, 0.3) is 23.3 Å². The highest BCUT2D eigenvalue weighted by Gasteiger charge is 2.20. The van der Waals surface area contributed by atoms with Gasteiger partial charge in [-0.05, 0) is 59.9 Å². The van der Waals surface area contributed by atoms with Crippen LogP contribution in [0.15, 0.2) is 53.3 Å². The van der Waals surface area contributed by atoms with Gasteiger partial charge in [-0.1, -0.05) is 45.1 Å². The third-order valence-corrected chi connectivity index (χ3v) is 5.63. The Bertz CT molecular complexity index is 1330. The first kappa shape index (κ1) is 23.3. The average Bonchev–Trinajstić information content (AvgIpc) is 2.67. The maximum atomic E-state index is 12.5. The number of pyridine rings is 1. The van der Waals surface area contributed by atoms with Gasteiger partial charge in [0.25, 0.3) is 5.56 Å². The second-order valence-electron chi connectivity index (χ2n) is 8.93. The second-order valence-corrected chi connectivity index (χ2v) is 10.7. The van der Waals surface area contributed by atoms with Crippen LogP contribution in [0.5, 0.6) is 5.75 Å². The molecule has 0 saturated heterocycles. The monoisotopic (exact) mass is 452 g/mol. The minimum Gasteiger partial charge on any atom is -0.507 e. The number of hydrogen-bond donors (Lipinski definition) is 3. The molecule has 0 spiro atoms. The molecule has 0 saturated carbocycles. The number of phenolic OH excluding ortho intramolecular Hbond substituents is 1. The van der Waals surface area contributed by atoms with Crippen LogP contribution in [-0.4, -0.2) is 24.8 Å². The van der Waals surface area contributed by atoms with Gasteiger partial charge < -0.3 is 10.1 Å². The van der Waals surface area contributed by atoms with Crippen LogP contribution >= 0.6 is 0 Å². The van der Waals surface area contributed by atoms with Crippen molar-refractivity contribution in [3.63, 3.8) is 0 Å². The van der Waals surface area contributed by atoms with Gasteiger partial charge in [-0.3, -0.25) is 9.52 Å². The maximum absolute atomic E-state index is 12.5. The van der Waals surface area contributed by atoms with Gasteiger partial charge in [-0.2, -0.15) is 0 Å². The van der Waals surface area contributed by atoms with Crippen LogP contribution < -0.4 is 10.3 Å². The number of sulfonamides is 1. The van der Waals surface area contributed by atoms with Crippen LogP contribution in [0.4, 0.5) is 5.69 Å². The van der Waals surface area contributed by atoms with Crippen molar-refractivity contribution in [3.05, 3.63) is 81.3 Å². The summed E-state index contributed by atoms with van der Waals surface area (Å²) in [7, 11) is -3.34. The molecule has 3 aromatic rings. The quantitative estimate of drug-likeness (QED) is 0.480. The van der Waals surface area contributed by atoms with Gasteiger partial charge in [0.05, 0.1) is 11.8 Å². The van der Waals surface area contributed by atoms with E-state index < -0.39 is 10.0 Å². The van der Waals surface area contributed by atoms with Gasteiger partial charge in [0, 0.05) is 22.5 Å². The number of rotatable bonds is 5. The van der Waals surface area contributed by atoms with Gasteiger partial charge in [0.15, 0.2) is 0 Å². The van der Waals surface area contributed by atoms with E-state index in [0.29, 0.717) is 22.4 Å². The molecule has 0 aliphatic rings. The first-order valence-corrected chi connectivity index (χ1v) is 12.1. The summed E-state index contributed by atoms with van der Waals surface area (Å²) in [6, 6.07) is 14.2. The molecule has 32 heavy (non-hydrogen) atoms. The number of hydrogen-bond acceptors (Lipinski definition) is 4. The molecule has 168 valence electrons. The molecule has 2 aromatic carbocycles. The van der Waals surface area contributed by atoms with Crippen molar-refractivity contribution in [2.24, 2.45) is 0 Å². The largest absolute Gasteiger partial charge is 0.507 e. The van der Waals surface area contributed by atoms with E-state index in [4.69, 9.17) is 0 Å². The van der Waals surface area contributed by atoms with E-state index in [2.05, 4.69) is 30.5 Å². The van der Waals surface area contributed by atoms with Crippen molar-refractivity contribution in [1.29, 1.82) is 0 Å². The van der Waals surface area contributed by atoms with E-state index in [9.17, 15) is 18.3 Å². The lowest BCUT2D eigenvalue weighted by Gasteiger charge is -2.22. The van der Waals surface area contributed by atoms with E-state index in [0.717, 1.165) is 23.1 Å². The van der Waals surface area contributed by atoms with Gasteiger partial charge in [-0.15, -0.1) is 0 Å². The van der Waals surface area contributed by atoms with E-state index in [-0.39, 0.29) is 16.7 Å². The van der Waals surface area contributed by atoms with Crippen molar-refractivity contribution in [2.45, 2.75) is 33.1 Å². The molecule has 0 atom stereocenters. The summed E-state index contributed by atoms with van der Waals surface area (Å²) in [6.45, 7) is 8.03. The van der Waals surface area contributed by atoms with Gasteiger partial charge >= 0.3 is 0 Å². The minimum atomic E-state index is -3.34. The van der Waals surface area contributed by atoms with E-state index >= 15 is 0 Å². The number of benzene rings is 2. The summed E-state index contributed by atoms with van der Waals surface area (Å²) in [5.74, 6) is 0.0268. The Morgan fingerprint density at radius 3 is 2.19 bits per heavy atom. The lowest BCUT2D eigenvalue weighted by molar-refractivity contribution is 0.474. The highest BCUT2D eigenvalue weighted by Crippen LogP contribution is 2.37. The number of aromatic amines is 1. The summed E-state index contributed by atoms with van der Waals surface area (Å²) < 4.78 is 25.1. The summed E-state index contributed by atoms with van der Waals surface area (Å²) in [5.41, 5.74) is 4.07. The van der Waals surface area contributed by atoms with Crippen molar-refractivity contribution >= 4 is 27.9 Å². The molecule has 3 N–H and O–H groups in total. The summed E-state index contributed by atoms with van der Waals surface area (Å²) >= 11 is 0. The molecule has 7 heteroatoms. The fourth-order valence-corrected chi connectivity index (χ4v) is 3.83. The molecular weight excluding hydrogens is 424 g/mol. The first-order valence-electron chi connectivity index (χ1n) is 10.2. The third kappa shape index (κ3) is 5.68. The van der Waals surface area contributed by atoms with Crippen molar-refractivity contribution in [2.75, 3.05) is 11.0 Å². The molecule has 0 unspecified atom stereocenters. The van der Waals surface area contributed by atoms with Crippen molar-refractivity contribution in [3.8, 4) is 16.9 Å². The predicted molar refractivity (Wildman–Crippen MR) is 131 cm³/mol. The average molecular weight is 453 g/mol. The maximum Gasteiger partial charge on any atom is 0.256 e. The summed E-state index contributed by atoms with van der Waals surface area (Å²) in [4.78, 5) is 15.3. The Labute approximate surface area is 188 Å². The van der Waals surface area contributed by atoms with Crippen molar-refractivity contribution < 1.29 is 13.5 Å². The molecule has 0 bridgehead atoms. The minimum absolute atomic E-state index is 0.0268. The number of aromatic nitrogens is 1. The van der Waals surface area contributed by atoms with Crippen LogP contribution in [0.3, 0.4) is 0 Å². The first-order chi connectivity index (χ1) is 14.8. The topological polar surface area (TPSA) is 99.3 Å². The molecule has 0 aliphatic carbocycles. The predicted octanol–water partition coefficient (Wildman–Crippen LogP) is 4.90. The highest BCUT2D eigenvalue weighted by atomic mass is 32.2. The fourth-order valence-electron chi connectivity index (χ4n) is 3.27. The SMILES string of the molecule is Cc1ccc(-c2cc(C(C)(C)C)cc(C=Cc3ccc(NS(C)(=O)=O)cc3)c2O)c(=O)[nH]1. The zero-order valence-corrected chi connectivity index (χ0v) is 19.7. The number of nitrogens with one attached hydrogen (secondary N) is 2. The Hall–Kier alpha value is -3.32. The zero-order chi connectivity index (χ0) is 23.7.